The minimum Gasteiger partial charge on any atom is -0.336 e. The monoisotopic (exact) mass is 496 g/mol. The van der Waals surface area contributed by atoms with E-state index in [1.807, 2.05) is 42.3 Å². The lowest BCUT2D eigenvalue weighted by molar-refractivity contribution is -0.119. The van der Waals surface area contributed by atoms with Crippen LogP contribution in [0.1, 0.15) is 36.6 Å². The molecule has 1 N–H and O–H groups in total. The first-order chi connectivity index (χ1) is 17.9. The molecule has 8 nitrogen and oxygen atoms in total. The van der Waals surface area contributed by atoms with Crippen molar-refractivity contribution in [3.8, 4) is 0 Å². The van der Waals surface area contributed by atoms with Crippen molar-refractivity contribution in [1.82, 2.24) is 14.7 Å². The molecule has 0 bridgehead atoms. The molecule has 37 heavy (non-hydrogen) atoms. The van der Waals surface area contributed by atoms with E-state index >= 15 is 0 Å². The molecule has 1 saturated heterocycles. The van der Waals surface area contributed by atoms with Gasteiger partial charge in [-0.15, -0.1) is 0 Å². The third kappa shape index (κ3) is 5.01. The largest absolute Gasteiger partial charge is 0.336 e. The van der Waals surface area contributed by atoms with Crippen LogP contribution in [0.5, 0.6) is 0 Å². The van der Waals surface area contributed by atoms with Gasteiger partial charge in [0.05, 0.1) is 11.1 Å². The predicted octanol–water partition coefficient (Wildman–Crippen LogP) is 2.92. The van der Waals surface area contributed by atoms with Gasteiger partial charge in [0.2, 0.25) is 5.91 Å². The summed E-state index contributed by atoms with van der Waals surface area (Å²) in [5.74, 6) is -1.48. The van der Waals surface area contributed by atoms with E-state index in [-0.39, 0.29) is 12.3 Å². The summed E-state index contributed by atoms with van der Waals surface area (Å²) in [6.45, 7) is 3.02. The molecule has 3 aromatic rings. The molecule has 2 heterocycles. The number of hydrogen-bond acceptors (Lipinski definition) is 5. The number of amides is 4. The van der Waals surface area contributed by atoms with Gasteiger partial charge in [0.25, 0.3) is 17.7 Å². The van der Waals surface area contributed by atoms with Crippen LogP contribution in [0, 0.1) is 0 Å². The molecule has 0 aromatic heterocycles. The lowest BCUT2D eigenvalue weighted by Crippen LogP contribution is -2.48. The van der Waals surface area contributed by atoms with Crippen LogP contribution in [0.4, 0.5) is 5.69 Å². The molecule has 2 aliphatic heterocycles. The van der Waals surface area contributed by atoms with E-state index in [1.54, 1.807) is 48.5 Å². The molecule has 0 radical (unpaired) electrons. The number of benzene rings is 3. The standard InChI is InChI=1S/C29H28N4O4/c1-31-15-17-32(18-16-31)27(35)21-11-13-22(14-12-21)30-26(34)25(19-20-7-3-2-4-8-20)33-28(36)23-9-5-6-10-24(23)29(33)37/h2-14,25H,15-19H2,1H3,(H,30,34). The molecule has 3 aromatic carbocycles. The SMILES string of the molecule is CN1CCN(C(=O)c2ccc(NC(=O)C(Cc3ccccc3)N3C(=O)c4ccccc4C3=O)cc2)CC1. The summed E-state index contributed by atoms with van der Waals surface area (Å²) in [4.78, 5) is 57.7. The van der Waals surface area contributed by atoms with Gasteiger partial charge < -0.3 is 15.1 Å². The zero-order chi connectivity index (χ0) is 25.9. The second-order valence-electron chi connectivity index (χ2n) is 9.39. The quantitative estimate of drug-likeness (QED) is 0.530. The van der Waals surface area contributed by atoms with E-state index in [0.717, 1.165) is 23.6 Å². The van der Waals surface area contributed by atoms with Crippen LogP contribution in [0.15, 0.2) is 78.9 Å². The van der Waals surface area contributed by atoms with Crippen LogP contribution in [-0.4, -0.2) is 77.6 Å². The first-order valence-electron chi connectivity index (χ1n) is 12.3. The topological polar surface area (TPSA) is 90.0 Å². The number of hydrogen-bond donors (Lipinski definition) is 1. The van der Waals surface area contributed by atoms with Gasteiger partial charge in [-0.2, -0.15) is 0 Å². The highest BCUT2D eigenvalue weighted by Crippen LogP contribution is 2.27. The van der Waals surface area contributed by atoms with Crippen molar-refractivity contribution < 1.29 is 19.2 Å². The molecule has 8 heteroatoms. The third-order valence-electron chi connectivity index (χ3n) is 6.90. The average molecular weight is 497 g/mol. The molecule has 1 atom stereocenters. The molecular formula is C29H28N4O4. The van der Waals surface area contributed by atoms with Crippen molar-refractivity contribution in [3.63, 3.8) is 0 Å². The fourth-order valence-electron chi connectivity index (χ4n) is 4.74. The number of carbonyl (C=O) groups is 4. The smallest absolute Gasteiger partial charge is 0.262 e. The van der Waals surface area contributed by atoms with Crippen molar-refractivity contribution in [2.75, 3.05) is 38.5 Å². The molecular weight excluding hydrogens is 468 g/mol. The molecule has 4 amide bonds. The summed E-state index contributed by atoms with van der Waals surface area (Å²) < 4.78 is 0. The Bertz CT molecular complexity index is 1300. The molecule has 2 aliphatic rings. The van der Waals surface area contributed by atoms with E-state index in [9.17, 15) is 19.2 Å². The Labute approximate surface area is 215 Å². The van der Waals surface area contributed by atoms with Crippen molar-refractivity contribution in [2.24, 2.45) is 0 Å². The Hall–Kier alpha value is -4.30. The normalized spacial score (nSPS) is 16.5. The Balaban J connectivity index is 1.35. The Morgan fingerprint density at radius 3 is 1.95 bits per heavy atom. The third-order valence-corrected chi connectivity index (χ3v) is 6.90. The molecule has 0 aliphatic carbocycles. The van der Waals surface area contributed by atoms with Crippen LogP contribution in [0.2, 0.25) is 0 Å². The second kappa shape index (κ2) is 10.4. The van der Waals surface area contributed by atoms with Crippen LogP contribution >= 0.6 is 0 Å². The molecule has 0 spiro atoms. The number of fused-ring (bicyclic) bond motifs is 1. The average Bonchev–Trinajstić information content (AvgIpc) is 3.18. The molecule has 5 rings (SSSR count). The van der Waals surface area contributed by atoms with Gasteiger partial charge in [-0.1, -0.05) is 42.5 Å². The lowest BCUT2D eigenvalue weighted by Gasteiger charge is -2.32. The summed E-state index contributed by atoms with van der Waals surface area (Å²) in [6.07, 6.45) is 0.179. The van der Waals surface area contributed by atoms with Crippen molar-refractivity contribution in [3.05, 3.63) is 101 Å². The van der Waals surface area contributed by atoms with Gasteiger partial charge in [0.15, 0.2) is 0 Å². The first-order valence-corrected chi connectivity index (χ1v) is 12.3. The first kappa shape index (κ1) is 24.4. The molecule has 0 saturated carbocycles. The predicted molar refractivity (Wildman–Crippen MR) is 139 cm³/mol. The maximum Gasteiger partial charge on any atom is 0.262 e. The fraction of sp³-hybridized carbons (Fsp3) is 0.241. The van der Waals surface area contributed by atoms with Crippen LogP contribution in [0.25, 0.3) is 0 Å². The van der Waals surface area contributed by atoms with Gasteiger partial charge in [0.1, 0.15) is 6.04 Å². The van der Waals surface area contributed by atoms with E-state index in [0.29, 0.717) is 35.5 Å². The Morgan fingerprint density at radius 2 is 1.35 bits per heavy atom. The Morgan fingerprint density at radius 1 is 0.784 bits per heavy atom. The minimum absolute atomic E-state index is 0.0426. The van der Waals surface area contributed by atoms with Crippen molar-refractivity contribution >= 4 is 29.3 Å². The molecule has 1 unspecified atom stereocenters. The number of imide groups is 1. The van der Waals surface area contributed by atoms with Crippen LogP contribution < -0.4 is 5.32 Å². The summed E-state index contributed by atoms with van der Waals surface area (Å²) >= 11 is 0. The van der Waals surface area contributed by atoms with E-state index < -0.39 is 23.8 Å². The maximum absolute atomic E-state index is 13.5. The van der Waals surface area contributed by atoms with Gasteiger partial charge >= 0.3 is 0 Å². The maximum atomic E-state index is 13.5. The number of anilines is 1. The zero-order valence-electron chi connectivity index (χ0n) is 20.6. The van der Waals surface area contributed by atoms with Gasteiger partial charge in [0, 0.05) is 43.9 Å². The number of nitrogens with zero attached hydrogens (tertiary/aromatic N) is 3. The van der Waals surface area contributed by atoms with Gasteiger partial charge in [-0.3, -0.25) is 24.1 Å². The number of nitrogens with one attached hydrogen (secondary N) is 1. The van der Waals surface area contributed by atoms with Gasteiger partial charge in [-0.05, 0) is 49.0 Å². The number of piperazine rings is 1. The van der Waals surface area contributed by atoms with Crippen molar-refractivity contribution in [1.29, 1.82) is 0 Å². The molecule has 1 fully saturated rings. The Kier molecular flexibility index (Phi) is 6.83. The minimum atomic E-state index is -1.04. The number of carbonyl (C=O) groups excluding carboxylic acids is 4. The highest BCUT2D eigenvalue weighted by Gasteiger charge is 2.42. The fourth-order valence-corrected chi connectivity index (χ4v) is 4.74. The van der Waals surface area contributed by atoms with E-state index in [1.165, 1.54) is 0 Å². The second-order valence-corrected chi connectivity index (χ2v) is 9.39. The number of likely N-dealkylation sites (N-methyl/N-ethyl adjacent to an activating group) is 1. The van der Waals surface area contributed by atoms with Crippen LogP contribution in [0.3, 0.4) is 0 Å². The summed E-state index contributed by atoms with van der Waals surface area (Å²) in [6, 6.07) is 21.6. The van der Waals surface area contributed by atoms with E-state index in [4.69, 9.17) is 0 Å². The summed E-state index contributed by atoms with van der Waals surface area (Å²) in [7, 11) is 2.03. The molecule has 188 valence electrons. The summed E-state index contributed by atoms with van der Waals surface area (Å²) in [5, 5.41) is 2.84. The lowest BCUT2D eigenvalue weighted by atomic mass is 10.0. The highest BCUT2D eigenvalue weighted by atomic mass is 16.2. The zero-order valence-corrected chi connectivity index (χ0v) is 20.6. The van der Waals surface area contributed by atoms with Gasteiger partial charge in [-0.25, -0.2) is 0 Å². The van der Waals surface area contributed by atoms with E-state index in [2.05, 4.69) is 10.2 Å². The number of rotatable bonds is 6. The highest BCUT2D eigenvalue weighted by molar-refractivity contribution is 6.23. The summed E-state index contributed by atoms with van der Waals surface area (Å²) in [5.41, 5.74) is 2.45. The van der Waals surface area contributed by atoms with Crippen molar-refractivity contribution in [2.45, 2.75) is 12.5 Å². The van der Waals surface area contributed by atoms with Crippen LogP contribution in [-0.2, 0) is 11.2 Å².